The number of fused-ring (bicyclic) bond motifs is 2. The first-order valence-electron chi connectivity index (χ1n) is 10.7. The van der Waals surface area contributed by atoms with E-state index in [0.717, 1.165) is 22.0 Å². The first kappa shape index (κ1) is 20.7. The van der Waals surface area contributed by atoms with Gasteiger partial charge in [-0.25, -0.2) is 0 Å². The number of hydrogen-bond donors (Lipinski definition) is 1. The van der Waals surface area contributed by atoms with Crippen LogP contribution in [-0.4, -0.2) is 15.9 Å². The summed E-state index contributed by atoms with van der Waals surface area (Å²) in [6.07, 6.45) is 0. The summed E-state index contributed by atoms with van der Waals surface area (Å²) in [5.41, 5.74) is 2.22. The number of carbonyl (C=O) groups is 1. The Bertz CT molecular complexity index is 1410. The van der Waals surface area contributed by atoms with Crippen LogP contribution in [0.2, 0.25) is 0 Å². The first-order valence-corrected chi connectivity index (χ1v) is 10.7. The highest BCUT2D eigenvalue weighted by Gasteiger charge is 2.49. The molecule has 33 heavy (non-hydrogen) atoms. The van der Waals surface area contributed by atoms with E-state index in [1.54, 1.807) is 11.0 Å². The lowest BCUT2D eigenvalue weighted by molar-refractivity contribution is -0.384. The molecule has 0 spiro atoms. The molecule has 0 saturated heterocycles. The van der Waals surface area contributed by atoms with E-state index in [1.807, 2.05) is 54.6 Å². The minimum atomic E-state index is -0.505. The van der Waals surface area contributed by atoms with E-state index in [1.165, 1.54) is 24.3 Å². The maximum absolute atomic E-state index is 13.9. The van der Waals surface area contributed by atoms with Gasteiger partial charge < -0.3 is 5.11 Å². The Morgan fingerprint density at radius 3 is 2.33 bits per heavy atom. The molecule has 0 aliphatic carbocycles. The Labute approximate surface area is 190 Å². The zero-order valence-corrected chi connectivity index (χ0v) is 18.2. The third-order valence-electron chi connectivity index (χ3n) is 6.56. The number of aromatic hydroxyl groups is 1. The second-order valence-electron chi connectivity index (χ2n) is 8.84. The molecule has 0 fully saturated rings. The van der Waals surface area contributed by atoms with Gasteiger partial charge >= 0.3 is 0 Å². The predicted octanol–water partition coefficient (Wildman–Crippen LogP) is 6.13. The van der Waals surface area contributed by atoms with Crippen LogP contribution in [0.4, 0.5) is 11.4 Å². The molecule has 1 aliphatic heterocycles. The van der Waals surface area contributed by atoms with Gasteiger partial charge in [-0.3, -0.25) is 19.8 Å². The molecule has 0 radical (unpaired) electrons. The number of carbonyl (C=O) groups excluding carboxylic acids is 1. The third-order valence-corrected chi connectivity index (χ3v) is 6.56. The molecular formula is C27H22N2O4. The van der Waals surface area contributed by atoms with Gasteiger partial charge in [-0.15, -0.1) is 0 Å². The second-order valence-corrected chi connectivity index (χ2v) is 8.84. The molecular weight excluding hydrogens is 416 g/mol. The van der Waals surface area contributed by atoms with Gasteiger partial charge in [-0.05, 0) is 40.6 Å². The van der Waals surface area contributed by atoms with Gasteiger partial charge in [0.25, 0.3) is 11.6 Å². The summed E-state index contributed by atoms with van der Waals surface area (Å²) < 4.78 is 0. The largest absolute Gasteiger partial charge is 0.508 e. The van der Waals surface area contributed by atoms with Crippen LogP contribution in [0.1, 0.15) is 41.4 Å². The van der Waals surface area contributed by atoms with Crippen LogP contribution in [0.3, 0.4) is 0 Å². The zero-order chi connectivity index (χ0) is 23.3. The molecule has 6 nitrogen and oxygen atoms in total. The van der Waals surface area contributed by atoms with Crippen molar-refractivity contribution in [2.45, 2.75) is 25.3 Å². The molecule has 1 heterocycles. The normalized spacial score (nSPS) is 16.5. The summed E-state index contributed by atoms with van der Waals surface area (Å²) in [4.78, 5) is 26.2. The van der Waals surface area contributed by atoms with Crippen molar-refractivity contribution in [2.24, 2.45) is 0 Å². The van der Waals surface area contributed by atoms with E-state index in [-0.39, 0.29) is 17.3 Å². The number of benzene rings is 4. The van der Waals surface area contributed by atoms with Gasteiger partial charge in [-0.1, -0.05) is 62.4 Å². The van der Waals surface area contributed by atoms with Gasteiger partial charge in [0.2, 0.25) is 0 Å². The van der Waals surface area contributed by atoms with E-state index >= 15 is 0 Å². The van der Waals surface area contributed by atoms with Gasteiger partial charge in [0.1, 0.15) is 5.75 Å². The lowest BCUT2D eigenvalue weighted by Gasteiger charge is -2.35. The van der Waals surface area contributed by atoms with Crippen LogP contribution < -0.4 is 4.90 Å². The smallest absolute Gasteiger partial charge is 0.269 e. The summed E-state index contributed by atoms with van der Waals surface area (Å²) in [5, 5.41) is 24.0. The number of anilines is 1. The van der Waals surface area contributed by atoms with Crippen molar-refractivity contribution in [1.29, 1.82) is 0 Å². The highest BCUT2D eigenvalue weighted by molar-refractivity contribution is 6.09. The molecule has 0 saturated carbocycles. The number of non-ortho nitro benzene ring substituents is 1. The number of phenolic OH excluding ortho intramolecular Hbond substituents is 1. The zero-order valence-electron chi connectivity index (χ0n) is 18.2. The Kier molecular flexibility index (Phi) is 4.67. The quantitative estimate of drug-likeness (QED) is 0.308. The number of nitro benzene ring substituents is 1. The molecule has 4 aromatic rings. The standard InChI is InChI=1S/C27H22N2O4/c1-27(2)21-9-5-6-10-22(21)28(26(31)18-11-14-19(15-12-18)29(32)33)25(27)24-20-8-4-3-7-17(20)13-16-23(24)30/h3-16,25,30H,1-2H3/t25-/m1/s1. The SMILES string of the molecule is CC1(C)c2ccccc2N(C(=O)c2ccc([N+](=O)[O-])cc2)[C@@H]1c1c(O)ccc2ccccc12. The number of nitrogens with zero attached hydrogens (tertiary/aromatic N) is 2. The van der Waals surface area contributed by atoms with Crippen molar-refractivity contribution >= 4 is 28.1 Å². The number of nitro groups is 1. The van der Waals surface area contributed by atoms with Gasteiger partial charge in [0.15, 0.2) is 0 Å². The number of amides is 1. The van der Waals surface area contributed by atoms with E-state index in [2.05, 4.69) is 13.8 Å². The number of rotatable bonds is 3. The molecule has 0 bridgehead atoms. The van der Waals surface area contributed by atoms with Crippen molar-refractivity contribution in [3.63, 3.8) is 0 Å². The fraction of sp³-hybridized carbons (Fsp3) is 0.148. The van der Waals surface area contributed by atoms with Crippen molar-refractivity contribution < 1.29 is 14.8 Å². The minimum absolute atomic E-state index is 0.0723. The van der Waals surface area contributed by atoms with Gasteiger partial charge in [0, 0.05) is 34.4 Å². The van der Waals surface area contributed by atoms with Gasteiger partial charge in [0.05, 0.1) is 11.0 Å². The lowest BCUT2D eigenvalue weighted by atomic mass is 9.76. The molecule has 1 atom stereocenters. The monoisotopic (exact) mass is 438 g/mol. The predicted molar refractivity (Wildman–Crippen MR) is 128 cm³/mol. The summed E-state index contributed by atoms with van der Waals surface area (Å²) in [6.45, 7) is 4.14. The van der Waals surface area contributed by atoms with Crippen LogP contribution >= 0.6 is 0 Å². The van der Waals surface area contributed by atoms with Crippen molar-refractivity contribution in [2.75, 3.05) is 4.90 Å². The average molecular weight is 438 g/mol. The Balaban J connectivity index is 1.74. The second kappa shape index (κ2) is 7.45. The molecule has 4 aromatic carbocycles. The highest BCUT2D eigenvalue weighted by Crippen LogP contribution is 2.55. The highest BCUT2D eigenvalue weighted by atomic mass is 16.6. The molecule has 0 unspecified atom stereocenters. The lowest BCUT2D eigenvalue weighted by Crippen LogP contribution is -2.38. The number of hydrogen-bond acceptors (Lipinski definition) is 4. The molecule has 1 aliphatic rings. The van der Waals surface area contributed by atoms with E-state index in [9.17, 15) is 20.0 Å². The van der Waals surface area contributed by atoms with Gasteiger partial charge in [-0.2, -0.15) is 0 Å². The van der Waals surface area contributed by atoms with Crippen LogP contribution in [0.25, 0.3) is 10.8 Å². The number of phenols is 1. The topological polar surface area (TPSA) is 83.7 Å². The number of para-hydroxylation sites is 1. The van der Waals surface area contributed by atoms with Crippen LogP contribution in [0.5, 0.6) is 5.75 Å². The van der Waals surface area contributed by atoms with E-state index < -0.39 is 16.4 Å². The fourth-order valence-electron chi connectivity index (χ4n) is 4.99. The van der Waals surface area contributed by atoms with Crippen molar-refractivity contribution in [3.8, 4) is 5.75 Å². The third kappa shape index (κ3) is 3.14. The fourth-order valence-corrected chi connectivity index (χ4v) is 4.99. The van der Waals surface area contributed by atoms with Crippen LogP contribution in [0.15, 0.2) is 84.9 Å². The minimum Gasteiger partial charge on any atom is -0.508 e. The molecule has 0 aromatic heterocycles. The molecule has 6 heteroatoms. The first-order chi connectivity index (χ1) is 15.8. The molecule has 164 valence electrons. The van der Waals surface area contributed by atoms with Crippen LogP contribution in [-0.2, 0) is 5.41 Å². The van der Waals surface area contributed by atoms with Crippen molar-refractivity contribution in [1.82, 2.24) is 0 Å². The summed E-state index contributed by atoms with van der Waals surface area (Å²) in [5.74, 6) is -0.152. The van der Waals surface area contributed by atoms with E-state index in [0.29, 0.717) is 11.1 Å². The van der Waals surface area contributed by atoms with Crippen LogP contribution in [0, 0.1) is 10.1 Å². The maximum atomic E-state index is 13.9. The summed E-state index contributed by atoms with van der Waals surface area (Å²) in [6, 6.07) is 24.2. The Morgan fingerprint density at radius 2 is 1.61 bits per heavy atom. The van der Waals surface area contributed by atoms with Crippen molar-refractivity contribution in [3.05, 3.63) is 112 Å². The molecule has 1 N–H and O–H groups in total. The average Bonchev–Trinajstić information content (AvgIpc) is 3.05. The maximum Gasteiger partial charge on any atom is 0.269 e. The Morgan fingerprint density at radius 1 is 0.939 bits per heavy atom. The Hall–Kier alpha value is -4.19. The summed E-state index contributed by atoms with van der Waals surface area (Å²) in [7, 11) is 0. The molecule has 1 amide bonds. The molecule has 5 rings (SSSR count). The summed E-state index contributed by atoms with van der Waals surface area (Å²) >= 11 is 0. The van der Waals surface area contributed by atoms with E-state index in [4.69, 9.17) is 0 Å².